The molecule has 146 valence electrons. The molecule has 0 saturated heterocycles. The van der Waals surface area contributed by atoms with E-state index in [-0.39, 0.29) is 23.3 Å². The topological polar surface area (TPSA) is 71.0 Å². The van der Waals surface area contributed by atoms with Crippen LogP contribution in [-0.2, 0) is 4.79 Å². The van der Waals surface area contributed by atoms with Crippen molar-refractivity contribution >= 4 is 28.7 Å². The summed E-state index contributed by atoms with van der Waals surface area (Å²) in [6.07, 6.45) is 3.81. The van der Waals surface area contributed by atoms with E-state index in [1.54, 1.807) is 9.47 Å². The second-order valence-electron chi connectivity index (χ2n) is 6.95. The Labute approximate surface area is 168 Å². The molecule has 3 aromatic rings. The maximum Gasteiger partial charge on any atom is 0.278 e. The zero-order valence-corrected chi connectivity index (χ0v) is 17.0. The molecule has 0 aliphatic heterocycles. The van der Waals surface area contributed by atoms with Gasteiger partial charge < -0.3 is 9.88 Å². The molecule has 0 unspecified atom stereocenters. The number of nitrogens with one attached hydrogen (secondary N) is 1. The molecule has 0 radical (unpaired) electrons. The molecule has 1 aromatic carbocycles. The fraction of sp³-hybridized carbons (Fsp3) is 0.381. The molecular weight excluding hydrogens is 372 g/mol. The lowest BCUT2D eigenvalue weighted by Crippen LogP contribution is -2.32. The summed E-state index contributed by atoms with van der Waals surface area (Å²) >= 11 is 1.37. The summed E-state index contributed by atoms with van der Waals surface area (Å²) in [5.41, 5.74) is 3.08. The first-order valence-electron chi connectivity index (χ1n) is 9.73. The molecule has 4 rings (SSSR count). The van der Waals surface area contributed by atoms with Gasteiger partial charge in [-0.15, -0.1) is 0 Å². The van der Waals surface area contributed by atoms with Gasteiger partial charge in [0.15, 0.2) is 5.16 Å². The number of fused-ring (bicyclic) bond motifs is 1. The lowest BCUT2D eigenvalue weighted by molar-refractivity contribution is -0.127. The Morgan fingerprint density at radius 1 is 1.25 bits per heavy atom. The van der Waals surface area contributed by atoms with Crippen LogP contribution in [0.15, 0.2) is 46.5 Å². The normalized spacial score (nSPS) is 13.8. The Morgan fingerprint density at radius 2 is 1.96 bits per heavy atom. The summed E-state index contributed by atoms with van der Waals surface area (Å²) in [7, 11) is 0. The second kappa shape index (κ2) is 7.83. The van der Waals surface area contributed by atoms with Gasteiger partial charge in [0.05, 0.1) is 5.75 Å². The summed E-state index contributed by atoms with van der Waals surface area (Å²) in [6.45, 7) is 5.33. The number of nitrogens with zero attached hydrogens (tertiary/aromatic N) is 3. The van der Waals surface area contributed by atoms with Crippen LogP contribution in [0.3, 0.4) is 0 Å². The number of benzene rings is 1. The molecule has 1 aliphatic rings. The lowest BCUT2D eigenvalue weighted by Gasteiger charge is -2.18. The van der Waals surface area contributed by atoms with Crippen LogP contribution in [0.2, 0.25) is 0 Å². The van der Waals surface area contributed by atoms with Gasteiger partial charge in [-0.3, -0.25) is 14.2 Å². The van der Waals surface area contributed by atoms with Crippen molar-refractivity contribution < 1.29 is 4.79 Å². The maximum absolute atomic E-state index is 13.1. The van der Waals surface area contributed by atoms with E-state index in [1.165, 1.54) is 11.8 Å². The van der Waals surface area contributed by atoms with E-state index in [1.807, 2.05) is 50.4 Å². The van der Waals surface area contributed by atoms with Crippen LogP contribution in [0, 0.1) is 0 Å². The number of carbonyl (C=O) groups is 1. The molecule has 1 aliphatic carbocycles. The van der Waals surface area contributed by atoms with Gasteiger partial charge in [0.2, 0.25) is 5.91 Å². The SMILES string of the molecule is CCN(CC)C(=O)CSc1nc2c(-c3ccccc3)c[nH]c2c(=O)n1C1CC1. The summed E-state index contributed by atoms with van der Waals surface area (Å²) in [5, 5.41) is 0.636. The fourth-order valence-electron chi connectivity index (χ4n) is 3.44. The number of thioether (sulfide) groups is 1. The van der Waals surface area contributed by atoms with Crippen molar-refractivity contribution in [3.63, 3.8) is 0 Å². The first-order valence-corrected chi connectivity index (χ1v) is 10.7. The van der Waals surface area contributed by atoms with E-state index in [4.69, 9.17) is 4.98 Å². The highest BCUT2D eigenvalue weighted by molar-refractivity contribution is 7.99. The van der Waals surface area contributed by atoms with E-state index >= 15 is 0 Å². The van der Waals surface area contributed by atoms with E-state index in [0.29, 0.717) is 29.3 Å². The Balaban J connectivity index is 1.75. The molecule has 1 saturated carbocycles. The number of hydrogen-bond acceptors (Lipinski definition) is 4. The van der Waals surface area contributed by atoms with Gasteiger partial charge in [-0.2, -0.15) is 0 Å². The minimum atomic E-state index is -0.0486. The number of hydrogen-bond donors (Lipinski definition) is 1. The predicted molar refractivity (Wildman–Crippen MR) is 113 cm³/mol. The summed E-state index contributed by atoms with van der Waals surface area (Å²) in [4.78, 5) is 35.4. The highest BCUT2D eigenvalue weighted by Crippen LogP contribution is 2.37. The molecule has 0 bridgehead atoms. The highest BCUT2D eigenvalue weighted by Gasteiger charge is 2.30. The molecule has 1 fully saturated rings. The minimum Gasteiger partial charge on any atom is -0.355 e. The smallest absolute Gasteiger partial charge is 0.278 e. The number of carbonyl (C=O) groups excluding carboxylic acids is 1. The van der Waals surface area contributed by atoms with Crippen LogP contribution in [0.4, 0.5) is 0 Å². The van der Waals surface area contributed by atoms with Gasteiger partial charge >= 0.3 is 0 Å². The molecule has 6 nitrogen and oxygen atoms in total. The number of aromatic amines is 1. The molecule has 2 heterocycles. The first kappa shape index (κ1) is 18.8. The average Bonchev–Trinajstić information content (AvgIpc) is 3.46. The van der Waals surface area contributed by atoms with Crippen LogP contribution in [0.5, 0.6) is 0 Å². The Bertz CT molecular complexity index is 1050. The molecule has 0 spiro atoms. The molecule has 1 N–H and O–H groups in total. The van der Waals surface area contributed by atoms with Crippen molar-refractivity contribution in [1.82, 2.24) is 19.4 Å². The number of H-pyrrole nitrogens is 1. The molecule has 2 aromatic heterocycles. The quantitative estimate of drug-likeness (QED) is 0.488. The molecular formula is C21H24N4O2S. The Morgan fingerprint density at radius 3 is 2.61 bits per heavy atom. The largest absolute Gasteiger partial charge is 0.355 e. The van der Waals surface area contributed by atoms with Crippen LogP contribution in [-0.4, -0.2) is 44.2 Å². The van der Waals surface area contributed by atoms with Gasteiger partial charge in [-0.05, 0) is 32.3 Å². The average molecular weight is 397 g/mol. The van der Waals surface area contributed by atoms with Crippen molar-refractivity contribution in [2.45, 2.75) is 37.9 Å². The first-order chi connectivity index (χ1) is 13.6. The van der Waals surface area contributed by atoms with Crippen molar-refractivity contribution in [3.8, 4) is 11.1 Å². The number of amides is 1. The van der Waals surface area contributed by atoms with Gasteiger partial charge in [-0.1, -0.05) is 42.1 Å². The van der Waals surface area contributed by atoms with Crippen LogP contribution < -0.4 is 5.56 Å². The zero-order valence-electron chi connectivity index (χ0n) is 16.1. The van der Waals surface area contributed by atoms with E-state index < -0.39 is 0 Å². The number of aromatic nitrogens is 3. The molecule has 28 heavy (non-hydrogen) atoms. The van der Waals surface area contributed by atoms with Crippen molar-refractivity contribution in [2.75, 3.05) is 18.8 Å². The summed E-state index contributed by atoms with van der Waals surface area (Å²) in [6, 6.07) is 10.1. The van der Waals surface area contributed by atoms with Crippen LogP contribution in [0.1, 0.15) is 32.7 Å². The van der Waals surface area contributed by atoms with Gasteiger partial charge in [-0.25, -0.2) is 4.98 Å². The van der Waals surface area contributed by atoms with Gasteiger partial charge in [0, 0.05) is 30.9 Å². The minimum absolute atomic E-state index is 0.0486. The standard InChI is InChI=1S/C21H24N4O2S/c1-3-24(4-2)17(26)13-28-21-23-18-16(14-8-6-5-7-9-14)12-22-19(18)20(27)25(21)15-10-11-15/h5-9,12,15,22H,3-4,10-11,13H2,1-2H3. The predicted octanol–water partition coefficient (Wildman–Crippen LogP) is 3.69. The van der Waals surface area contributed by atoms with Crippen LogP contribution >= 0.6 is 11.8 Å². The molecule has 1 amide bonds. The third-order valence-electron chi connectivity index (χ3n) is 5.14. The fourth-order valence-corrected chi connectivity index (χ4v) is 4.40. The summed E-state index contributed by atoms with van der Waals surface area (Å²) < 4.78 is 1.77. The van der Waals surface area contributed by atoms with Crippen molar-refractivity contribution in [2.24, 2.45) is 0 Å². The third-order valence-corrected chi connectivity index (χ3v) is 6.07. The van der Waals surface area contributed by atoms with Gasteiger partial charge in [0.25, 0.3) is 5.56 Å². The lowest BCUT2D eigenvalue weighted by atomic mass is 10.1. The molecule has 0 atom stereocenters. The maximum atomic E-state index is 13.1. The third kappa shape index (κ3) is 3.46. The highest BCUT2D eigenvalue weighted by atomic mass is 32.2. The Hall–Kier alpha value is -2.54. The van der Waals surface area contributed by atoms with E-state index in [9.17, 15) is 9.59 Å². The van der Waals surface area contributed by atoms with E-state index in [0.717, 1.165) is 24.0 Å². The monoisotopic (exact) mass is 396 g/mol. The number of rotatable bonds is 7. The zero-order chi connectivity index (χ0) is 19.7. The van der Waals surface area contributed by atoms with Crippen LogP contribution in [0.25, 0.3) is 22.2 Å². The second-order valence-corrected chi connectivity index (χ2v) is 7.89. The Kier molecular flexibility index (Phi) is 5.26. The van der Waals surface area contributed by atoms with Crippen molar-refractivity contribution in [1.29, 1.82) is 0 Å². The van der Waals surface area contributed by atoms with Gasteiger partial charge in [0.1, 0.15) is 11.0 Å². The molecule has 7 heteroatoms. The van der Waals surface area contributed by atoms with Crippen molar-refractivity contribution in [3.05, 3.63) is 46.9 Å². The van der Waals surface area contributed by atoms with E-state index in [2.05, 4.69) is 4.98 Å². The summed E-state index contributed by atoms with van der Waals surface area (Å²) in [5.74, 6) is 0.362.